The molecule has 0 saturated carbocycles. The number of aryl methyl sites for hydroxylation is 1. The highest BCUT2D eigenvalue weighted by Gasteiger charge is 2.20. The van der Waals surface area contributed by atoms with Crippen molar-refractivity contribution in [2.45, 2.75) is 19.6 Å². The SMILES string of the molecule is CCn1ncc(Br)c1C(O)c1cnsn1. The zero-order valence-corrected chi connectivity index (χ0v) is 10.4. The Bertz CT molecular complexity index is 441. The molecule has 0 amide bonds. The van der Waals surface area contributed by atoms with Crippen molar-refractivity contribution in [2.75, 3.05) is 0 Å². The van der Waals surface area contributed by atoms with Gasteiger partial charge in [0.1, 0.15) is 11.8 Å². The predicted octanol–water partition coefficient (Wildman–Crippen LogP) is 1.60. The van der Waals surface area contributed by atoms with E-state index < -0.39 is 6.10 Å². The molecule has 15 heavy (non-hydrogen) atoms. The Morgan fingerprint density at radius 1 is 1.60 bits per heavy atom. The maximum Gasteiger partial charge on any atom is 0.141 e. The third kappa shape index (κ3) is 1.95. The fourth-order valence-corrected chi connectivity index (χ4v) is 2.28. The summed E-state index contributed by atoms with van der Waals surface area (Å²) in [6.45, 7) is 2.67. The molecule has 7 heteroatoms. The molecule has 1 unspecified atom stereocenters. The van der Waals surface area contributed by atoms with Crippen molar-refractivity contribution in [1.82, 2.24) is 18.5 Å². The number of nitrogens with zero attached hydrogens (tertiary/aromatic N) is 4. The highest BCUT2D eigenvalue weighted by Crippen LogP contribution is 2.27. The molecule has 0 aromatic carbocycles. The first-order chi connectivity index (χ1) is 7.24. The van der Waals surface area contributed by atoms with Crippen LogP contribution in [0.15, 0.2) is 16.9 Å². The highest BCUT2D eigenvalue weighted by atomic mass is 79.9. The molecule has 5 nitrogen and oxygen atoms in total. The summed E-state index contributed by atoms with van der Waals surface area (Å²) in [6, 6.07) is 0. The Hall–Kier alpha value is -0.790. The Balaban J connectivity index is 2.40. The molecule has 0 aliphatic carbocycles. The summed E-state index contributed by atoms with van der Waals surface area (Å²) in [5.41, 5.74) is 1.26. The van der Waals surface area contributed by atoms with E-state index >= 15 is 0 Å². The molecule has 0 fully saturated rings. The minimum Gasteiger partial charge on any atom is -0.380 e. The first-order valence-electron chi connectivity index (χ1n) is 4.40. The summed E-state index contributed by atoms with van der Waals surface area (Å²) in [7, 11) is 0. The van der Waals surface area contributed by atoms with Crippen LogP contribution in [0, 0.1) is 0 Å². The number of hydrogen-bond donors (Lipinski definition) is 1. The maximum atomic E-state index is 10.1. The van der Waals surface area contributed by atoms with Gasteiger partial charge in [0.25, 0.3) is 0 Å². The summed E-state index contributed by atoms with van der Waals surface area (Å²) in [4.78, 5) is 0. The molecule has 0 saturated heterocycles. The van der Waals surface area contributed by atoms with Crippen molar-refractivity contribution < 1.29 is 5.11 Å². The highest BCUT2D eigenvalue weighted by molar-refractivity contribution is 9.10. The summed E-state index contributed by atoms with van der Waals surface area (Å²) in [5.74, 6) is 0. The minimum absolute atomic E-state index is 0.552. The zero-order valence-electron chi connectivity index (χ0n) is 7.96. The predicted molar refractivity (Wildman–Crippen MR) is 59.6 cm³/mol. The van der Waals surface area contributed by atoms with Crippen molar-refractivity contribution in [3.05, 3.63) is 28.3 Å². The van der Waals surface area contributed by atoms with E-state index in [0.29, 0.717) is 17.9 Å². The molecule has 2 aromatic heterocycles. The Morgan fingerprint density at radius 2 is 2.40 bits per heavy atom. The third-order valence-electron chi connectivity index (χ3n) is 2.05. The molecule has 2 rings (SSSR count). The van der Waals surface area contributed by atoms with Crippen molar-refractivity contribution in [1.29, 1.82) is 0 Å². The van der Waals surface area contributed by atoms with E-state index in [4.69, 9.17) is 0 Å². The van der Waals surface area contributed by atoms with E-state index in [1.54, 1.807) is 17.1 Å². The number of aliphatic hydroxyl groups is 1. The van der Waals surface area contributed by atoms with Crippen molar-refractivity contribution in [3.8, 4) is 0 Å². The van der Waals surface area contributed by atoms with Gasteiger partial charge in [0.2, 0.25) is 0 Å². The van der Waals surface area contributed by atoms with Crippen LogP contribution < -0.4 is 0 Å². The van der Waals surface area contributed by atoms with Gasteiger partial charge in [-0.2, -0.15) is 13.8 Å². The van der Waals surface area contributed by atoms with E-state index in [9.17, 15) is 5.11 Å². The van der Waals surface area contributed by atoms with Crippen LogP contribution in [0.4, 0.5) is 0 Å². The van der Waals surface area contributed by atoms with E-state index in [1.165, 1.54) is 0 Å². The Labute approximate surface area is 99.2 Å². The Kier molecular flexibility index (Phi) is 3.13. The van der Waals surface area contributed by atoms with Crippen LogP contribution in [0.5, 0.6) is 0 Å². The van der Waals surface area contributed by atoms with Gasteiger partial charge in [-0.15, -0.1) is 0 Å². The van der Waals surface area contributed by atoms with Gasteiger partial charge < -0.3 is 5.11 Å². The van der Waals surface area contributed by atoms with Crippen LogP contribution in [0.2, 0.25) is 0 Å². The van der Waals surface area contributed by atoms with Gasteiger partial charge in [-0.1, -0.05) is 0 Å². The van der Waals surface area contributed by atoms with Crippen molar-refractivity contribution in [3.63, 3.8) is 0 Å². The van der Waals surface area contributed by atoms with E-state index in [2.05, 4.69) is 29.8 Å². The lowest BCUT2D eigenvalue weighted by Crippen LogP contribution is -2.09. The number of hydrogen-bond acceptors (Lipinski definition) is 5. The smallest absolute Gasteiger partial charge is 0.141 e. The molecule has 2 aromatic rings. The van der Waals surface area contributed by atoms with Gasteiger partial charge in [-0.3, -0.25) is 4.68 Å². The van der Waals surface area contributed by atoms with Crippen LogP contribution >= 0.6 is 27.7 Å². The van der Waals surface area contributed by atoms with Gasteiger partial charge in [0.05, 0.1) is 34.3 Å². The second kappa shape index (κ2) is 4.38. The third-order valence-corrected chi connectivity index (χ3v) is 3.15. The summed E-state index contributed by atoms with van der Waals surface area (Å²) in [5, 5.41) is 14.2. The number of aliphatic hydroxyl groups excluding tert-OH is 1. The summed E-state index contributed by atoms with van der Waals surface area (Å²) >= 11 is 4.44. The molecule has 0 bridgehead atoms. The first-order valence-corrected chi connectivity index (χ1v) is 5.93. The molecule has 80 valence electrons. The van der Waals surface area contributed by atoms with Crippen LogP contribution in [-0.4, -0.2) is 23.6 Å². The molecule has 0 aliphatic heterocycles. The molecule has 0 radical (unpaired) electrons. The van der Waals surface area contributed by atoms with Gasteiger partial charge in [0.15, 0.2) is 0 Å². The average Bonchev–Trinajstić information content (AvgIpc) is 2.85. The number of rotatable bonds is 3. The average molecular weight is 289 g/mol. The maximum absolute atomic E-state index is 10.1. The van der Waals surface area contributed by atoms with E-state index in [1.807, 2.05) is 6.92 Å². The Morgan fingerprint density at radius 3 is 3.00 bits per heavy atom. The number of halogens is 1. The minimum atomic E-state index is -0.777. The van der Waals surface area contributed by atoms with E-state index in [-0.39, 0.29) is 0 Å². The topological polar surface area (TPSA) is 63.8 Å². The fourth-order valence-electron chi connectivity index (χ4n) is 1.33. The van der Waals surface area contributed by atoms with Gasteiger partial charge in [-0.05, 0) is 22.9 Å². The normalized spacial score (nSPS) is 13.0. The monoisotopic (exact) mass is 288 g/mol. The molecule has 0 aliphatic rings. The van der Waals surface area contributed by atoms with Gasteiger partial charge in [0, 0.05) is 6.54 Å². The molecule has 0 spiro atoms. The van der Waals surface area contributed by atoms with E-state index in [0.717, 1.165) is 16.2 Å². The van der Waals surface area contributed by atoms with Crippen LogP contribution in [0.25, 0.3) is 0 Å². The lowest BCUT2D eigenvalue weighted by atomic mass is 10.2. The largest absolute Gasteiger partial charge is 0.380 e. The summed E-state index contributed by atoms with van der Waals surface area (Å²) < 4.78 is 10.4. The second-order valence-corrected chi connectivity index (χ2v) is 4.34. The lowest BCUT2D eigenvalue weighted by Gasteiger charge is -2.10. The molecule has 2 heterocycles. The van der Waals surface area contributed by atoms with Gasteiger partial charge in [-0.25, -0.2) is 0 Å². The lowest BCUT2D eigenvalue weighted by molar-refractivity contribution is 0.203. The standard InChI is InChI=1S/C8H9BrN4OS/c1-2-13-7(5(9)3-10-13)8(14)6-4-11-15-12-6/h3-4,8,14H,2H2,1H3. The van der Waals surface area contributed by atoms with Crippen LogP contribution in [-0.2, 0) is 6.54 Å². The van der Waals surface area contributed by atoms with Crippen LogP contribution in [0.3, 0.4) is 0 Å². The molecule has 1 atom stereocenters. The molecular formula is C8H9BrN4OS. The molecular weight excluding hydrogens is 280 g/mol. The quantitative estimate of drug-likeness (QED) is 0.932. The van der Waals surface area contributed by atoms with Crippen molar-refractivity contribution >= 4 is 27.7 Å². The zero-order chi connectivity index (χ0) is 10.8. The van der Waals surface area contributed by atoms with Crippen LogP contribution in [0.1, 0.15) is 24.4 Å². The van der Waals surface area contributed by atoms with Crippen molar-refractivity contribution in [2.24, 2.45) is 0 Å². The number of aromatic nitrogens is 4. The summed E-state index contributed by atoms with van der Waals surface area (Å²) in [6.07, 6.45) is 2.46. The fraction of sp³-hybridized carbons (Fsp3) is 0.375. The van der Waals surface area contributed by atoms with Gasteiger partial charge >= 0.3 is 0 Å². The second-order valence-electron chi connectivity index (χ2n) is 2.93. The molecule has 1 N–H and O–H groups in total. The first kappa shape index (κ1) is 10.7.